The van der Waals surface area contributed by atoms with Gasteiger partial charge in [-0.15, -0.1) is 11.8 Å². The van der Waals surface area contributed by atoms with Crippen molar-refractivity contribution >= 4 is 29.1 Å². The van der Waals surface area contributed by atoms with Crippen molar-refractivity contribution < 1.29 is 22.8 Å². The molecule has 2 rings (SSSR count). The van der Waals surface area contributed by atoms with Crippen LogP contribution in [0.5, 0.6) is 0 Å². The Labute approximate surface area is 151 Å². The molecule has 1 aromatic carbocycles. The number of carbonyl (C=O) groups is 2. The van der Waals surface area contributed by atoms with Crippen LogP contribution < -0.4 is 10.9 Å². The summed E-state index contributed by atoms with van der Waals surface area (Å²) >= 11 is 1.30. The minimum Gasteiger partial charge on any atom is -0.325 e. The second kappa shape index (κ2) is 7.77. The van der Waals surface area contributed by atoms with Crippen LogP contribution in [0.25, 0.3) is 0 Å². The molecule has 138 valence electrons. The summed E-state index contributed by atoms with van der Waals surface area (Å²) in [4.78, 5) is 36.1. The minimum absolute atomic E-state index is 0.229. The van der Waals surface area contributed by atoms with Crippen molar-refractivity contribution in [1.29, 1.82) is 0 Å². The van der Waals surface area contributed by atoms with E-state index in [-0.39, 0.29) is 11.5 Å². The lowest BCUT2D eigenvalue weighted by Gasteiger charge is -2.12. The van der Waals surface area contributed by atoms with Crippen LogP contribution in [0.15, 0.2) is 46.2 Å². The first-order valence-corrected chi connectivity index (χ1v) is 8.61. The van der Waals surface area contributed by atoms with Gasteiger partial charge in [-0.25, -0.2) is 0 Å². The molecule has 0 saturated carbocycles. The number of anilines is 1. The van der Waals surface area contributed by atoms with Crippen LogP contribution in [0.3, 0.4) is 0 Å². The van der Waals surface area contributed by atoms with Gasteiger partial charge in [-0.2, -0.15) is 13.2 Å². The lowest BCUT2D eigenvalue weighted by Crippen LogP contribution is -2.30. The Hall–Kier alpha value is -2.55. The molecule has 2 aromatic rings. The number of ketones is 1. The van der Waals surface area contributed by atoms with Gasteiger partial charge in [0.1, 0.15) is 5.56 Å². The Balaban J connectivity index is 2.31. The number of rotatable bonds is 5. The first-order valence-electron chi connectivity index (χ1n) is 7.39. The number of thioether (sulfide) groups is 1. The largest absolute Gasteiger partial charge is 0.421 e. The molecule has 0 atom stereocenters. The molecule has 0 radical (unpaired) electrons. The van der Waals surface area contributed by atoms with Crippen LogP contribution >= 0.6 is 11.8 Å². The fourth-order valence-corrected chi connectivity index (χ4v) is 2.86. The van der Waals surface area contributed by atoms with Crippen molar-refractivity contribution in [2.45, 2.75) is 24.5 Å². The van der Waals surface area contributed by atoms with Gasteiger partial charge in [0.05, 0.1) is 12.2 Å². The lowest BCUT2D eigenvalue weighted by atomic mass is 10.1. The lowest BCUT2D eigenvalue weighted by molar-refractivity contribution is -0.139. The molecule has 0 spiro atoms. The Kier molecular flexibility index (Phi) is 5.91. The van der Waals surface area contributed by atoms with Gasteiger partial charge in [0.2, 0.25) is 5.91 Å². The van der Waals surface area contributed by atoms with Crippen LogP contribution in [0, 0.1) is 0 Å². The zero-order chi connectivity index (χ0) is 19.5. The normalized spacial score (nSPS) is 11.3. The summed E-state index contributed by atoms with van der Waals surface area (Å²) in [6, 6.07) is 6.26. The predicted octanol–water partition coefficient (Wildman–Crippen LogP) is 3.43. The molecular weight excluding hydrogens is 369 g/mol. The summed E-state index contributed by atoms with van der Waals surface area (Å²) in [6.45, 7) is 0.833. The van der Waals surface area contributed by atoms with Crippen molar-refractivity contribution in [3.63, 3.8) is 0 Å². The number of nitrogens with one attached hydrogen (secondary N) is 1. The van der Waals surface area contributed by atoms with Gasteiger partial charge < -0.3 is 9.88 Å². The third-order valence-corrected chi connectivity index (χ3v) is 4.25. The number of benzene rings is 1. The number of Topliss-reactive ketones (excluding diaryl/α,β-unsaturated/α-hetero) is 1. The Bertz CT molecular complexity index is 907. The average Bonchev–Trinajstić information content (AvgIpc) is 2.55. The zero-order valence-electron chi connectivity index (χ0n) is 13.9. The van der Waals surface area contributed by atoms with Crippen LogP contribution in [0.1, 0.15) is 22.8 Å². The number of hydrogen-bond donors (Lipinski definition) is 1. The van der Waals surface area contributed by atoms with Crippen molar-refractivity contribution in [2.75, 3.05) is 11.6 Å². The number of halogens is 3. The van der Waals surface area contributed by atoms with Crippen molar-refractivity contribution in [2.24, 2.45) is 0 Å². The Morgan fingerprint density at radius 1 is 1.23 bits per heavy atom. The number of pyridine rings is 1. The molecule has 0 aliphatic rings. The molecule has 1 N–H and O–H groups in total. The summed E-state index contributed by atoms with van der Waals surface area (Å²) in [5.41, 5.74) is -1.84. The molecule has 0 aliphatic carbocycles. The third-order valence-electron chi connectivity index (χ3n) is 3.47. The number of aromatic nitrogens is 1. The SMILES string of the molecule is CSc1cc(C(=O)Cn2cccc(C(F)(F)F)c2=O)ccc1NC(C)=O. The van der Waals surface area contributed by atoms with E-state index in [2.05, 4.69) is 5.32 Å². The van der Waals surface area contributed by atoms with Gasteiger partial charge >= 0.3 is 6.18 Å². The van der Waals surface area contributed by atoms with Crippen molar-refractivity contribution in [3.05, 3.63) is 58.0 Å². The number of nitrogens with zero attached hydrogens (tertiary/aromatic N) is 1. The van der Waals surface area contributed by atoms with Gasteiger partial charge in [-0.3, -0.25) is 14.4 Å². The molecule has 0 aliphatic heterocycles. The van der Waals surface area contributed by atoms with Gasteiger partial charge in [0, 0.05) is 23.6 Å². The molecule has 9 heteroatoms. The van der Waals surface area contributed by atoms with E-state index in [1.165, 1.54) is 36.9 Å². The molecule has 1 heterocycles. The van der Waals surface area contributed by atoms with E-state index in [0.717, 1.165) is 16.8 Å². The minimum atomic E-state index is -4.78. The van der Waals surface area contributed by atoms with Crippen LogP contribution in [-0.4, -0.2) is 22.5 Å². The average molecular weight is 384 g/mol. The first-order chi connectivity index (χ1) is 12.1. The van der Waals surface area contributed by atoms with Crippen LogP contribution in [-0.2, 0) is 17.5 Å². The van der Waals surface area contributed by atoms with E-state index in [4.69, 9.17) is 0 Å². The third kappa shape index (κ3) is 4.54. The molecule has 1 amide bonds. The van der Waals surface area contributed by atoms with E-state index in [0.29, 0.717) is 16.6 Å². The van der Waals surface area contributed by atoms with Crippen LogP contribution in [0.2, 0.25) is 0 Å². The molecule has 26 heavy (non-hydrogen) atoms. The monoisotopic (exact) mass is 384 g/mol. The Morgan fingerprint density at radius 3 is 2.50 bits per heavy atom. The highest BCUT2D eigenvalue weighted by molar-refractivity contribution is 7.98. The van der Waals surface area contributed by atoms with Gasteiger partial charge in [0.15, 0.2) is 5.78 Å². The number of amides is 1. The molecule has 0 unspecified atom stereocenters. The summed E-state index contributed by atoms with van der Waals surface area (Å²) in [5.74, 6) is -0.786. The maximum Gasteiger partial charge on any atom is 0.421 e. The molecule has 0 fully saturated rings. The summed E-state index contributed by atoms with van der Waals surface area (Å²) in [6.07, 6.45) is -1.89. The fourth-order valence-electron chi connectivity index (χ4n) is 2.28. The first kappa shape index (κ1) is 19.8. The number of alkyl halides is 3. The predicted molar refractivity (Wildman–Crippen MR) is 92.6 cm³/mol. The summed E-state index contributed by atoms with van der Waals surface area (Å²) in [5, 5.41) is 2.62. The van der Waals surface area contributed by atoms with E-state index >= 15 is 0 Å². The molecule has 0 saturated heterocycles. The summed E-state index contributed by atoms with van der Waals surface area (Å²) in [7, 11) is 0. The number of hydrogen-bond acceptors (Lipinski definition) is 4. The fraction of sp³-hybridized carbons (Fsp3) is 0.235. The van der Waals surface area contributed by atoms with E-state index in [9.17, 15) is 27.6 Å². The molecule has 1 aromatic heterocycles. The maximum atomic E-state index is 12.8. The van der Waals surface area contributed by atoms with Gasteiger partial charge in [-0.1, -0.05) is 0 Å². The number of carbonyl (C=O) groups excluding carboxylic acids is 2. The second-order valence-electron chi connectivity index (χ2n) is 5.37. The smallest absolute Gasteiger partial charge is 0.325 e. The maximum absolute atomic E-state index is 12.8. The highest BCUT2D eigenvalue weighted by Gasteiger charge is 2.34. The van der Waals surface area contributed by atoms with Crippen LogP contribution in [0.4, 0.5) is 18.9 Å². The van der Waals surface area contributed by atoms with Gasteiger partial charge in [-0.05, 0) is 36.6 Å². The Morgan fingerprint density at radius 2 is 1.92 bits per heavy atom. The van der Waals surface area contributed by atoms with E-state index < -0.39 is 29.6 Å². The highest BCUT2D eigenvalue weighted by atomic mass is 32.2. The molecule has 5 nitrogen and oxygen atoms in total. The van der Waals surface area contributed by atoms with E-state index in [1.54, 1.807) is 6.26 Å². The summed E-state index contributed by atoms with van der Waals surface area (Å²) < 4.78 is 39.1. The van der Waals surface area contributed by atoms with Gasteiger partial charge in [0.25, 0.3) is 5.56 Å². The highest BCUT2D eigenvalue weighted by Crippen LogP contribution is 2.27. The zero-order valence-corrected chi connectivity index (χ0v) is 14.7. The van der Waals surface area contributed by atoms with Crippen molar-refractivity contribution in [3.8, 4) is 0 Å². The second-order valence-corrected chi connectivity index (χ2v) is 6.22. The molecule has 0 bridgehead atoms. The van der Waals surface area contributed by atoms with E-state index in [1.807, 2.05) is 0 Å². The topological polar surface area (TPSA) is 68.2 Å². The van der Waals surface area contributed by atoms with Crippen molar-refractivity contribution in [1.82, 2.24) is 4.57 Å². The molecular formula is C17H15F3N2O3S. The quantitative estimate of drug-likeness (QED) is 0.634. The standard InChI is InChI=1S/C17H15F3N2O3S/c1-10(23)21-13-6-5-11(8-15(13)26-2)14(24)9-22-7-3-4-12(16(22)25)17(18,19)20/h3-8H,9H2,1-2H3,(H,21,23).